The molecule has 9 nitrogen and oxygen atoms in total. The molecule has 2 aromatic carbocycles. The molecule has 9 heteroatoms. The molecular formula is C25H31N3O6. The van der Waals surface area contributed by atoms with Crippen LogP contribution in [0, 0.1) is 0 Å². The fourth-order valence-electron chi connectivity index (χ4n) is 4.35. The number of anilines is 1. The Hall–Kier alpha value is -3.14. The SMILES string of the molecule is COc1ccc(C(=O)NC[C@H]2O[C@@H](CC(=O)N3CCN(c4ccccc4)CC3)[C@H](O)[C@@H]2O)cc1. The molecule has 2 aromatic rings. The highest BCUT2D eigenvalue weighted by atomic mass is 16.5. The smallest absolute Gasteiger partial charge is 0.251 e. The summed E-state index contributed by atoms with van der Waals surface area (Å²) < 4.78 is 10.9. The highest BCUT2D eigenvalue weighted by molar-refractivity contribution is 5.94. The van der Waals surface area contributed by atoms with Gasteiger partial charge in [0.1, 0.15) is 24.1 Å². The number of ether oxygens (including phenoxy) is 2. The van der Waals surface area contributed by atoms with E-state index in [2.05, 4.69) is 22.3 Å². The van der Waals surface area contributed by atoms with Crippen LogP contribution in [0.2, 0.25) is 0 Å². The monoisotopic (exact) mass is 469 g/mol. The summed E-state index contributed by atoms with van der Waals surface area (Å²) in [6.07, 6.45) is -4.03. The van der Waals surface area contributed by atoms with Crippen LogP contribution in [0.4, 0.5) is 5.69 Å². The van der Waals surface area contributed by atoms with E-state index in [4.69, 9.17) is 9.47 Å². The lowest BCUT2D eigenvalue weighted by Crippen LogP contribution is -2.49. The number of piperazine rings is 1. The number of carbonyl (C=O) groups excluding carboxylic acids is 2. The van der Waals surface area contributed by atoms with Gasteiger partial charge in [0.15, 0.2) is 0 Å². The number of aliphatic hydroxyl groups is 2. The van der Waals surface area contributed by atoms with E-state index in [-0.39, 0.29) is 24.8 Å². The summed E-state index contributed by atoms with van der Waals surface area (Å²) in [5, 5.41) is 23.5. The number of aliphatic hydroxyl groups excluding tert-OH is 2. The molecule has 2 fully saturated rings. The van der Waals surface area contributed by atoms with Gasteiger partial charge in [-0.05, 0) is 36.4 Å². The fourth-order valence-corrected chi connectivity index (χ4v) is 4.35. The number of methoxy groups -OCH3 is 1. The number of nitrogens with one attached hydrogen (secondary N) is 1. The molecule has 0 spiro atoms. The van der Waals surface area contributed by atoms with E-state index >= 15 is 0 Å². The minimum Gasteiger partial charge on any atom is -0.497 e. The maximum absolute atomic E-state index is 12.8. The van der Waals surface area contributed by atoms with Gasteiger partial charge in [-0.2, -0.15) is 0 Å². The first kappa shape index (κ1) is 24.0. The van der Waals surface area contributed by atoms with E-state index in [0.29, 0.717) is 24.4 Å². The van der Waals surface area contributed by atoms with Crippen molar-refractivity contribution < 1.29 is 29.3 Å². The number of nitrogens with zero attached hydrogens (tertiary/aromatic N) is 2. The van der Waals surface area contributed by atoms with Crippen LogP contribution in [0.1, 0.15) is 16.8 Å². The maximum atomic E-state index is 12.8. The number of amides is 2. The topological polar surface area (TPSA) is 112 Å². The Kier molecular flexibility index (Phi) is 7.66. The fraction of sp³-hybridized carbons (Fsp3) is 0.440. The van der Waals surface area contributed by atoms with Crippen LogP contribution >= 0.6 is 0 Å². The Bertz CT molecular complexity index is 962. The molecule has 0 bridgehead atoms. The predicted molar refractivity (Wildman–Crippen MR) is 126 cm³/mol. The largest absolute Gasteiger partial charge is 0.497 e. The van der Waals surface area contributed by atoms with Gasteiger partial charge in [0.25, 0.3) is 5.91 Å². The Labute approximate surface area is 198 Å². The molecule has 2 amide bonds. The summed E-state index contributed by atoms with van der Waals surface area (Å²) in [6, 6.07) is 16.7. The number of benzene rings is 2. The van der Waals surface area contributed by atoms with Gasteiger partial charge in [0, 0.05) is 44.0 Å². The van der Waals surface area contributed by atoms with Crippen LogP contribution in [-0.4, -0.2) is 91.2 Å². The molecule has 182 valence electrons. The quantitative estimate of drug-likeness (QED) is 0.546. The average molecular weight is 470 g/mol. The average Bonchev–Trinajstić information content (AvgIpc) is 3.15. The van der Waals surface area contributed by atoms with Crippen molar-refractivity contribution in [3.8, 4) is 5.75 Å². The van der Waals surface area contributed by atoms with Crippen molar-refractivity contribution in [2.45, 2.75) is 30.8 Å². The van der Waals surface area contributed by atoms with E-state index in [9.17, 15) is 19.8 Å². The number of rotatable bonds is 7. The zero-order valence-corrected chi connectivity index (χ0v) is 19.2. The van der Waals surface area contributed by atoms with Crippen molar-refractivity contribution >= 4 is 17.5 Å². The first-order valence-corrected chi connectivity index (χ1v) is 11.5. The lowest BCUT2D eigenvalue weighted by Gasteiger charge is -2.36. The highest BCUT2D eigenvalue weighted by Crippen LogP contribution is 2.25. The van der Waals surface area contributed by atoms with Crippen LogP contribution in [0.5, 0.6) is 5.75 Å². The van der Waals surface area contributed by atoms with Gasteiger partial charge in [0.05, 0.1) is 19.6 Å². The van der Waals surface area contributed by atoms with Crippen LogP contribution < -0.4 is 15.0 Å². The third-order valence-corrected chi connectivity index (χ3v) is 6.41. The van der Waals surface area contributed by atoms with Crippen molar-refractivity contribution in [1.82, 2.24) is 10.2 Å². The summed E-state index contributed by atoms with van der Waals surface area (Å²) in [4.78, 5) is 29.2. The molecule has 4 rings (SSSR count). The van der Waals surface area contributed by atoms with Crippen LogP contribution in [0.3, 0.4) is 0 Å². The van der Waals surface area contributed by atoms with Gasteiger partial charge in [-0.3, -0.25) is 9.59 Å². The molecule has 2 aliphatic rings. The number of para-hydroxylation sites is 1. The highest BCUT2D eigenvalue weighted by Gasteiger charge is 2.44. The molecule has 0 unspecified atom stereocenters. The lowest BCUT2D eigenvalue weighted by molar-refractivity contribution is -0.135. The first-order chi connectivity index (χ1) is 16.5. The van der Waals surface area contributed by atoms with E-state index < -0.39 is 24.4 Å². The molecule has 0 radical (unpaired) electrons. The van der Waals surface area contributed by atoms with Gasteiger partial charge < -0.3 is 34.8 Å². The molecule has 3 N–H and O–H groups in total. The van der Waals surface area contributed by atoms with Crippen molar-refractivity contribution in [2.75, 3.05) is 44.7 Å². The second-order valence-electron chi connectivity index (χ2n) is 8.54. The normalized spacial score (nSPS) is 24.7. The van der Waals surface area contributed by atoms with Crippen LogP contribution in [-0.2, 0) is 9.53 Å². The van der Waals surface area contributed by atoms with Gasteiger partial charge in [-0.15, -0.1) is 0 Å². The third kappa shape index (κ3) is 5.49. The molecular weight excluding hydrogens is 438 g/mol. The lowest BCUT2D eigenvalue weighted by atomic mass is 10.0. The molecule has 2 heterocycles. The van der Waals surface area contributed by atoms with Gasteiger partial charge in [0.2, 0.25) is 5.91 Å². The Morgan fingerprint density at radius 2 is 1.62 bits per heavy atom. The predicted octanol–water partition coefficient (Wildman–Crippen LogP) is 0.653. The van der Waals surface area contributed by atoms with E-state index in [1.165, 1.54) is 0 Å². The molecule has 0 aromatic heterocycles. The first-order valence-electron chi connectivity index (χ1n) is 11.5. The molecule has 0 aliphatic carbocycles. The Morgan fingerprint density at radius 1 is 0.971 bits per heavy atom. The van der Waals surface area contributed by atoms with Crippen LogP contribution in [0.15, 0.2) is 54.6 Å². The number of hydrogen-bond acceptors (Lipinski definition) is 7. The summed E-state index contributed by atoms with van der Waals surface area (Å²) in [6.45, 7) is 2.64. The van der Waals surface area contributed by atoms with Gasteiger partial charge in [-0.25, -0.2) is 0 Å². The van der Waals surface area contributed by atoms with Crippen molar-refractivity contribution in [1.29, 1.82) is 0 Å². The molecule has 0 saturated carbocycles. The van der Waals surface area contributed by atoms with Crippen LogP contribution in [0.25, 0.3) is 0 Å². The number of carbonyl (C=O) groups is 2. The zero-order valence-electron chi connectivity index (χ0n) is 19.2. The summed E-state index contributed by atoms with van der Waals surface area (Å²) >= 11 is 0. The van der Waals surface area contributed by atoms with Gasteiger partial charge >= 0.3 is 0 Å². The molecule has 2 aliphatic heterocycles. The Morgan fingerprint density at radius 3 is 2.26 bits per heavy atom. The third-order valence-electron chi connectivity index (χ3n) is 6.41. The van der Waals surface area contributed by atoms with E-state index in [0.717, 1.165) is 18.8 Å². The summed E-state index contributed by atoms with van der Waals surface area (Å²) in [5.74, 6) is 0.193. The summed E-state index contributed by atoms with van der Waals surface area (Å²) in [7, 11) is 1.55. The maximum Gasteiger partial charge on any atom is 0.251 e. The van der Waals surface area contributed by atoms with Crippen molar-refractivity contribution in [2.24, 2.45) is 0 Å². The minimum absolute atomic E-state index is 0.0174. The molecule has 2 saturated heterocycles. The second kappa shape index (κ2) is 10.9. The second-order valence-corrected chi connectivity index (χ2v) is 8.54. The molecule has 34 heavy (non-hydrogen) atoms. The number of hydrogen-bond donors (Lipinski definition) is 3. The van der Waals surface area contributed by atoms with E-state index in [1.807, 2.05) is 18.2 Å². The standard InChI is InChI=1S/C25H31N3O6/c1-33-19-9-7-17(8-10-19)25(32)26-16-21-24(31)23(30)20(34-21)15-22(29)28-13-11-27(12-14-28)18-5-3-2-4-6-18/h2-10,20-21,23-24,30-31H,11-16H2,1H3,(H,26,32)/t20-,21+,23-,24+/m0/s1. The minimum atomic E-state index is -1.20. The Balaban J connectivity index is 1.25. The molecule has 4 atom stereocenters. The zero-order chi connectivity index (χ0) is 24.1. The van der Waals surface area contributed by atoms with Crippen molar-refractivity contribution in [3.63, 3.8) is 0 Å². The van der Waals surface area contributed by atoms with Crippen molar-refractivity contribution in [3.05, 3.63) is 60.2 Å². The van der Waals surface area contributed by atoms with Gasteiger partial charge in [-0.1, -0.05) is 18.2 Å². The summed E-state index contributed by atoms with van der Waals surface area (Å²) in [5.41, 5.74) is 1.57. The van der Waals surface area contributed by atoms with E-state index in [1.54, 1.807) is 36.3 Å².